The molecular weight excluding hydrogens is 146 g/mol. The molecule has 0 heterocycles. The van der Waals surface area contributed by atoms with E-state index in [-0.39, 0.29) is 0 Å². The average Bonchev–Trinajstić information content (AvgIpc) is 2.01. The molecule has 0 fully saturated rings. The molecule has 0 aliphatic carbocycles. The number of hydrogen-bond donors (Lipinski definition) is 0. The van der Waals surface area contributed by atoms with Gasteiger partial charge in [-0.25, -0.2) is 0 Å². The number of nitrogens with zero attached hydrogens (tertiary/aromatic N) is 1. The second-order valence-electron chi connectivity index (χ2n) is 3.14. The lowest BCUT2D eigenvalue weighted by Gasteiger charge is -1.89. The summed E-state index contributed by atoms with van der Waals surface area (Å²) in [6, 6.07) is 0. The van der Waals surface area contributed by atoms with Crippen LogP contribution in [0.4, 0.5) is 0 Å². The van der Waals surface area contributed by atoms with Crippen LogP contribution in [-0.4, -0.2) is 5.71 Å². The summed E-state index contributed by atoms with van der Waals surface area (Å²) in [5.74, 6) is 0. The van der Waals surface area contributed by atoms with E-state index >= 15 is 0 Å². The van der Waals surface area contributed by atoms with Crippen LogP contribution in [0.5, 0.6) is 0 Å². The van der Waals surface area contributed by atoms with Crippen molar-refractivity contribution in [1.82, 2.24) is 0 Å². The zero-order valence-corrected chi connectivity index (χ0v) is 8.59. The van der Waals surface area contributed by atoms with Crippen molar-refractivity contribution in [2.24, 2.45) is 4.99 Å². The Bertz CT molecular complexity index is 193. The van der Waals surface area contributed by atoms with Gasteiger partial charge in [0.2, 0.25) is 0 Å². The van der Waals surface area contributed by atoms with Crippen LogP contribution in [0.25, 0.3) is 0 Å². The first-order valence-corrected chi connectivity index (χ1v) is 4.51. The fourth-order valence-electron chi connectivity index (χ4n) is 0.710. The second-order valence-corrected chi connectivity index (χ2v) is 3.14. The Kier molecular flexibility index (Phi) is 6.35. The molecule has 0 aromatic heterocycles. The van der Waals surface area contributed by atoms with Gasteiger partial charge in [0.15, 0.2) is 0 Å². The number of hydrogen-bond acceptors (Lipinski definition) is 1. The maximum atomic E-state index is 4.21. The molecule has 0 spiro atoms. The first kappa shape index (κ1) is 11.2. The van der Waals surface area contributed by atoms with Crippen molar-refractivity contribution in [1.29, 1.82) is 0 Å². The molecule has 0 aromatic carbocycles. The summed E-state index contributed by atoms with van der Waals surface area (Å²) in [4.78, 5) is 4.21. The van der Waals surface area contributed by atoms with Crippen molar-refractivity contribution in [3.05, 3.63) is 23.9 Å². The largest absolute Gasteiger partial charge is 0.266 e. The topological polar surface area (TPSA) is 12.4 Å². The van der Waals surface area contributed by atoms with Gasteiger partial charge in [-0.1, -0.05) is 25.5 Å². The Morgan fingerprint density at radius 2 is 1.92 bits per heavy atom. The van der Waals surface area contributed by atoms with Crippen molar-refractivity contribution >= 4 is 5.71 Å². The lowest BCUT2D eigenvalue weighted by Crippen LogP contribution is -1.77. The van der Waals surface area contributed by atoms with Gasteiger partial charge in [-0.15, -0.1) is 0 Å². The standard InChI is InChI=1S/C11H19N/c1-5-6-7-8-11(4)9-12-10(2)3/h7-9H,5-6H2,1-4H3/b8-7-,11-9-. The number of allylic oxidation sites excluding steroid dienone is 3. The van der Waals surface area contributed by atoms with E-state index in [1.807, 2.05) is 20.0 Å². The molecule has 0 bridgehead atoms. The van der Waals surface area contributed by atoms with Crippen LogP contribution in [0.15, 0.2) is 28.9 Å². The van der Waals surface area contributed by atoms with Gasteiger partial charge in [-0.05, 0) is 32.8 Å². The fourth-order valence-corrected chi connectivity index (χ4v) is 0.710. The normalized spacial score (nSPS) is 12.2. The van der Waals surface area contributed by atoms with E-state index in [0.29, 0.717) is 0 Å². The van der Waals surface area contributed by atoms with Gasteiger partial charge in [0.1, 0.15) is 0 Å². The molecule has 0 aliphatic rings. The minimum atomic E-state index is 1.10. The third kappa shape index (κ3) is 7.26. The Balaban J connectivity index is 3.93. The Labute approximate surface area is 75.9 Å². The third-order valence-corrected chi connectivity index (χ3v) is 1.36. The van der Waals surface area contributed by atoms with Gasteiger partial charge in [0.05, 0.1) is 0 Å². The van der Waals surface area contributed by atoms with Crippen molar-refractivity contribution in [3.8, 4) is 0 Å². The van der Waals surface area contributed by atoms with E-state index in [4.69, 9.17) is 0 Å². The van der Waals surface area contributed by atoms with Gasteiger partial charge < -0.3 is 0 Å². The maximum absolute atomic E-state index is 4.21. The van der Waals surface area contributed by atoms with E-state index in [1.165, 1.54) is 12.0 Å². The molecule has 0 unspecified atom stereocenters. The first-order valence-electron chi connectivity index (χ1n) is 4.51. The highest BCUT2D eigenvalue weighted by atomic mass is 14.7. The highest BCUT2D eigenvalue weighted by Gasteiger charge is 1.79. The first-order chi connectivity index (χ1) is 5.66. The molecule has 0 saturated heterocycles. The second kappa shape index (κ2) is 6.84. The van der Waals surface area contributed by atoms with Crippen molar-refractivity contribution < 1.29 is 0 Å². The summed E-state index contributed by atoms with van der Waals surface area (Å²) in [7, 11) is 0. The van der Waals surface area contributed by atoms with Gasteiger partial charge in [-0.3, -0.25) is 4.99 Å². The quantitative estimate of drug-likeness (QED) is 0.444. The van der Waals surface area contributed by atoms with Gasteiger partial charge >= 0.3 is 0 Å². The smallest absolute Gasteiger partial charge is 0.0296 e. The number of unbranched alkanes of at least 4 members (excludes halogenated alkanes) is 1. The predicted molar refractivity (Wildman–Crippen MR) is 56.6 cm³/mol. The predicted octanol–water partition coefficient (Wildman–Crippen LogP) is 3.73. The Morgan fingerprint density at radius 1 is 1.25 bits per heavy atom. The van der Waals surface area contributed by atoms with Gasteiger partial charge in [0, 0.05) is 11.9 Å². The molecule has 68 valence electrons. The molecular formula is C11H19N. The summed E-state index contributed by atoms with van der Waals surface area (Å²) in [6.07, 6.45) is 8.57. The van der Waals surface area contributed by atoms with Crippen LogP contribution in [0.1, 0.15) is 40.5 Å². The van der Waals surface area contributed by atoms with E-state index in [2.05, 4.69) is 31.0 Å². The van der Waals surface area contributed by atoms with E-state index in [1.54, 1.807) is 0 Å². The highest BCUT2D eigenvalue weighted by Crippen LogP contribution is 1.98. The monoisotopic (exact) mass is 165 g/mol. The Hall–Kier alpha value is -0.850. The van der Waals surface area contributed by atoms with Crippen LogP contribution in [-0.2, 0) is 0 Å². The molecule has 0 rings (SSSR count). The minimum absolute atomic E-state index is 1.10. The zero-order valence-electron chi connectivity index (χ0n) is 8.59. The van der Waals surface area contributed by atoms with E-state index in [0.717, 1.165) is 12.1 Å². The summed E-state index contributed by atoms with van der Waals surface area (Å²) in [6.45, 7) is 8.25. The lowest BCUT2D eigenvalue weighted by atomic mass is 10.2. The van der Waals surface area contributed by atoms with Crippen LogP contribution in [0.2, 0.25) is 0 Å². The molecule has 1 nitrogen and oxygen atoms in total. The molecule has 1 heteroatoms. The number of aliphatic imine (C=N–C) groups is 1. The molecule has 12 heavy (non-hydrogen) atoms. The van der Waals surface area contributed by atoms with Crippen LogP contribution < -0.4 is 0 Å². The molecule has 0 amide bonds. The fraction of sp³-hybridized carbons (Fsp3) is 0.545. The molecule has 0 aromatic rings. The van der Waals surface area contributed by atoms with Gasteiger partial charge in [0.25, 0.3) is 0 Å². The number of rotatable bonds is 4. The van der Waals surface area contributed by atoms with E-state index in [9.17, 15) is 0 Å². The summed E-state index contributed by atoms with van der Waals surface area (Å²) >= 11 is 0. The van der Waals surface area contributed by atoms with Crippen molar-refractivity contribution in [2.75, 3.05) is 0 Å². The third-order valence-electron chi connectivity index (χ3n) is 1.36. The summed E-state index contributed by atoms with van der Waals surface area (Å²) < 4.78 is 0. The Morgan fingerprint density at radius 3 is 2.42 bits per heavy atom. The summed E-state index contributed by atoms with van der Waals surface area (Å²) in [5.41, 5.74) is 2.31. The van der Waals surface area contributed by atoms with Crippen LogP contribution in [0, 0.1) is 0 Å². The SMILES string of the molecule is CCC/C=C\C(C)=C/N=C(C)C. The highest BCUT2D eigenvalue weighted by molar-refractivity contribution is 5.79. The van der Waals surface area contributed by atoms with Crippen LogP contribution in [0.3, 0.4) is 0 Å². The van der Waals surface area contributed by atoms with Gasteiger partial charge in [-0.2, -0.15) is 0 Å². The average molecular weight is 165 g/mol. The van der Waals surface area contributed by atoms with Crippen LogP contribution >= 0.6 is 0 Å². The molecule has 0 N–H and O–H groups in total. The van der Waals surface area contributed by atoms with Crippen molar-refractivity contribution in [2.45, 2.75) is 40.5 Å². The molecule has 0 saturated carbocycles. The maximum Gasteiger partial charge on any atom is 0.0296 e. The van der Waals surface area contributed by atoms with E-state index < -0.39 is 0 Å². The molecule has 0 radical (unpaired) electrons. The van der Waals surface area contributed by atoms with Crippen molar-refractivity contribution in [3.63, 3.8) is 0 Å². The molecule has 0 atom stereocenters. The minimum Gasteiger partial charge on any atom is -0.266 e. The molecule has 0 aliphatic heterocycles. The lowest BCUT2D eigenvalue weighted by molar-refractivity contribution is 0.957. The zero-order chi connectivity index (χ0) is 9.40. The summed E-state index contributed by atoms with van der Waals surface area (Å²) in [5, 5.41) is 0.